The van der Waals surface area contributed by atoms with E-state index in [0.717, 1.165) is 15.7 Å². The van der Waals surface area contributed by atoms with Crippen LogP contribution < -0.4 is 5.56 Å². The average Bonchev–Trinajstić information content (AvgIpc) is 2.71. The Bertz CT molecular complexity index is 681. The molecule has 0 aliphatic rings. The highest BCUT2D eigenvalue weighted by atomic mass is 35.5. The molecule has 0 aromatic carbocycles. The molecule has 0 saturated heterocycles. The summed E-state index contributed by atoms with van der Waals surface area (Å²) >= 11 is 7.42. The first kappa shape index (κ1) is 8.02. The van der Waals surface area contributed by atoms with Crippen molar-refractivity contribution in [3.63, 3.8) is 0 Å². The number of nitrogens with one attached hydrogen (secondary N) is 2. The first-order valence-corrected chi connectivity index (χ1v) is 5.16. The van der Waals surface area contributed by atoms with Gasteiger partial charge >= 0.3 is 0 Å². The van der Waals surface area contributed by atoms with Crippen molar-refractivity contribution in [1.82, 2.24) is 15.2 Å². The van der Waals surface area contributed by atoms with Crippen LogP contribution in [-0.4, -0.2) is 15.2 Å². The maximum absolute atomic E-state index is 11.4. The second-order valence-electron chi connectivity index (χ2n) is 2.87. The Morgan fingerprint density at radius 2 is 2.29 bits per heavy atom. The predicted octanol–water partition coefficient (Wildman–Crippen LogP) is 2.12. The molecule has 3 rings (SSSR count). The van der Waals surface area contributed by atoms with Crippen molar-refractivity contribution in [1.29, 1.82) is 0 Å². The van der Waals surface area contributed by atoms with E-state index in [0.29, 0.717) is 5.39 Å². The summed E-state index contributed by atoms with van der Waals surface area (Å²) in [6.07, 6.45) is 0. The number of aromatic nitrogens is 3. The Kier molecular flexibility index (Phi) is 1.48. The fraction of sp³-hybridized carbons (Fsp3) is 0. The number of thiophene rings is 1. The van der Waals surface area contributed by atoms with Crippen LogP contribution in [0.15, 0.2) is 16.2 Å². The maximum Gasteiger partial charge on any atom is 0.274 e. The van der Waals surface area contributed by atoms with Crippen LogP contribution in [0.25, 0.3) is 21.1 Å². The van der Waals surface area contributed by atoms with E-state index in [9.17, 15) is 4.79 Å². The molecule has 0 aliphatic heterocycles. The molecule has 2 N–H and O–H groups in total. The van der Waals surface area contributed by atoms with Crippen LogP contribution in [0.5, 0.6) is 0 Å². The second kappa shape index (κ2) is 2.59. The van der Waals surface area contributed by atoms with E-state index >= 15 is 0 Å². The van der Waals surface area contributed by atoms with Crippen molar-refractivity contribution in [2.75, 3.05) is 0 Å². The molecule has 0 radical (unpaired) electrons. The Balaban J connectivity index is 2.75. The molecule has 0 saturated carbocycles. The van der Waals surface area contributed by atoms with Crippen LogP contribution in [0.4, 0.5) is 0 Å². The third-order valence-electron chi connectivity index (χ3n) is 2.07. The highest BCUT2D eigenvalue weighted by Gasteiger charge is 2.12. The van der Waals surface area contributed by atoms with Crippen LogP contribution >= 0.6 is 22.9 Å². The molecule has 4 nitrogen and oxygen atoms in total. The third kappa shape index (κ3) is 0.880. The topological polar surface area (TPSA) is 61.5 Å². The minimum Gasteiger partial charge on any atom is -0.296 e. The molecule has 70 valence electrons. The molecule has 6 heteroatoms. The highest BCUT2D eigenvalue weighted by Crippen LogP contribution is 2.28. The first-order valence-electron chi connectivity index (χ1n) is 3.90. The average molecular weight is 226 g/mol. The highest BCUT2D eigenvalue weighted by molar-refractivity contribution is 7.18. The van der Waals surface area contributed by atoms with Gasteiger partial charge in [-0.05, 0) is 11.4 Å². The molecule has 0 atom stereocenters. The fourth-order valence-corrected chi connectivity index (χ4v) is 2.57. The molecule has 14 heavy (non-hydrogen) atoms. The van der Waals surface area contributed by atoms with Gasteiger partial charge in [0.15, 0.2) is 0 Å². The van der Waals surface area contributed by atoms with E-state index in [2.05, 4.69) is 15.2 Å². The molecule has 3 aromatic heterocycles. The summed E-state index contributed by atoms with van der Waals surface area (Å²) in [6, 6.07) is 1.87. The number of nitrogens with zero attached hydrogens (tertiary/aromatic N) is 1. The molecule has 3 aromatic rings. The van der Waals surface area contributed by atoms with Gasteiger partial charge in [0.1, 0.15) is 10.5 Å². The van der Waals surface area contributed by atoms with E-state index in [1.54, 1.807) is 0 Å². The van der Waals surface area contributed by atoms with Crippen molar-refractivity contribution in [2.45, 2.75) is 0 Å². The van der Waals surface area contributed by atoms with Gasteiger partial charge in [-0.3, -0.25) is 15.0 Å². The number of pyridine rings is 1. The lowest BCUT2D eigenvalue weighted by Crippen LogP contribution is -1.98. The summed E-state index contributed by atoms with van der Waals surface area (Å²) in [6.45, 7) is 0. The summed E-state index contributed by atoms with van der Waals surface area (Å²) in [5.74, 6) is 0. The standard InChI is InChI=1S/C8H4ClN3OS/c9-7-4-5(11-12-8(4)13)6-3(10-7)1-2-14-6/h1-2H,(H2,11,12,13). The van der Waals surface area contributed by atoms with Crippen LogP contribution in [0.3, 0.4) is 0 Å². The van der Waals surface area contributed by atoms with Gasteiger partial charge in [0.2, 0.25) is 0 Å². The van der Waals surface area contributed by atoms with Crippen molar-refractivity contribution >= 4 is 44.1 Å². The minimum atomic E-state index is -0.229. The lowest BCUT2D eigenvalue weighted by molar-refractivity contribution is 1.08. The normalized spacial score (nSPS) is 11.5. The smallest absolute Gasteiger partial charge is 0.274 e. The van der Waals surface area contributed by atoms with Crippen molar-refractivity contribution in [3.8, 4) is 0 Å². The Morgan fingerprint density at radius 1 is 1.43 bits per heavy atom. The lowest BCUT2D eigenvalue weighted by Gasteiger charge is -1.93. The molecule has 0 spiro atoms. The monoisotopic (exact) mass is 225 g/mol. The van der Waals surface area contributed by atoms with E-state index in [1.807, 2.05) is 11.4 Å². The van der Waals surface area contributed by atoms with Gasteiger partial charge in [0, 0.05) is 0 Å². The molecular formula is C8H4ClN3OS. The summed E-state index contributed by atoms with van der Waals surface area (Å²) in [7, 11) is 0. The van der Waals surface area contributed by atoms with Gasteiger partial charge in [-0.15, -0.1) is 11.3 Å². The molecule has 0 amide bonds. The van der Waals surface area contributed by atoms with E-state index in [1.165, 1.54) is 11.3 Å². The summed E-state index contributed by atoms with van der Waals surface area (Å²) in [4.78, 5) is 15.5. The minimum absolute atomic E-state index is 0.229. The molecule has 0 fully saturated rings. The Labute approximate surface area is 86.5 Å². The van der Waals surface area contributed by atoms with Crippen molar-refractivity contribution in [2.24, 2.45) is 0 Å². The number of fused-ring (bicyclic) bond motifs is 3. The van der Waals surface area contributed by atoms with Crippen LogP contribution in [-0.2, 0) is 0 Å². The molecule has 0 unspecified atom stereocenters. The zero-order valence-corrected chi connectivity index (χ0v) is 8.37. The quantitative estimate of drug-likeness (QED) is 0.576. The molecule has 3 heterocycles. The number of halogens is 1. The Hall–Kier alpha value is -1.33. The van der Waals surface area contributed by atoms with Gasteiger partial charge in [-0.2, -0.15) is 0 Å². The number of hydrogen-bond donors (Lipinski definition) is 2. The van der Waals surface area contributed by atoms with E-state index in [4.69, 9.17) is 11.6 Å². The van der Waals surface area contributed by atoms with Gasteiger partial charge in [0.25, 0.3) is 5.56 Å². The number of H-pyrrole nitrogens is 2. The molecular weight excluding hydrogens is 222 g/mol. The van der Waals surface area contributed by atoms with Gasteiger partial charge < -0.3 is 0 Å². The van der Waals surface area contributed by atoms with Gasteiger partial charge in [0.05, 0.1) is 15.7 Å². The number of hydrogen-bond acceptors (Lipinski definition) is 3. The number of aromatic amines is 2. The van der Waals surface area contributed by atoms with Crippen LogP contribution in [0.2, 0.25) is 5.15 Å². The largest absolute Gasteiger partial charge is 0.296 e. The lowest BCUT2D eigenvalue weighted by atomic mass is 10.3. The summed E-state index contributed by atoms with van der Waals surface area (Å²) in [5.41, 5.74) is 1.32. The summed E-state index contributed by atoms with van der Waals surface area (Å²) in [5, 5.41) is 7.90. The van der Waals surface area contributed by atoms with E-state index < -0.39 is 0 Å². The van der Waals surface area contributed by atoms with Crippen LogP contribution in [0.1, 0.15) is 0 Å². The van der Waals surface area contributed by atoms with E-state index in [-0.39, 0.29) is 10.7 Å². The third-order valence-corrected chi connectivity index (χ3v) is 3.27. The predicted molar refractivity (Wildman–Crippen MR) is 57.1 cm³/mol. The molecule has 0 aliphatic carbocycles. The Morgan fingerprint density at radius 3 is 3.14 bits per heavy atom. The number of rotatable bonds is 0. The van der Waals surface area contributed by atoms with Gasteiger partial charge in [-0.1, -0.05) is 11.6 Å². The van der Waals surface area contributed by atoms with Crippen LogP contribution in [0, 0.1) is 0 Å². The van der Waals surface area contributed by atoms with Crippen molar-refractivity contribution in [3.05, 3.63) is 27.0 Å². The second-order valence-corrected chi connectivity index (χ2v) is 4.14. The zero-order valence-electron chi connectivity index (χ0n) is 6.80. The van der Waals surface area contributed by atoms with Crippen molar-refractivity contribution < 1.29 is 0 Å². The molecule has 0 bridgehead atoms. The fourth-order valence-electron chi connectivity index (χ4n) is 1.46. The summed E-state index contributed by atoms with van der Waals surface area (Å²) < 4.78 is 0.947. The van der Waals surface area contributed by atoms with Gasteiger partial charge in [-0.25, -0.2) is 4.98 Å². The SMILES string of the molecule is O=c1[nH][nH]c2c1c(Cl)nc1ccsc12. The maximum atomic E-state index is 11.4. The zero-order chi connectivity index (χ0) is 9.71. The first-order chi connectivity index (χ1) is 6.77.